The third-order valence-electron chi connectivity index (χ3n) is 2.90. The third-order valence-corrected chi connectivity index (χ3v) is 3.78. The molecule has 1 aromatic carbocycles. The van der Waals surface area contributed by atoms with Crippen LogP contribution in [0, 0.1) is 6.92 Å². The van der Waals surface area contributed by atoms with E-state index in [0.717, 1.165) is 16.9 Å². The minimum Gasteiger partial charge on any atom is -0.298 e. The molecular weight excluding hydrogens is 296 g/mol. The molecular formula is C16H14N4OS. The Bertz CT molecular complexity index is 804. The fourth-order valence-electron chi connectivity index (χ4n) is 1.88. The lowest BCUT2D eigenvalue weighted by Crippen LogP contribution is -2.07. The molecule has 5 nitrogen and oxygen atoms in total. The van der Waals surface area contributed by atoms with E-state index in [1.54, 1.807) is 17.0 Å². The number of amides is 1. The minimum atomic E-state index is -0.207. The van der Waals surface area contributed by atoms with Crippen LogP contribution < -0.4 is 5.32 Å². The van der Waals surface area contributed by atoms with Crippen molar-refractivity contribution < 1.29 is 4.79 Å². The number of para-hydroxylation sites is 1. The monoisotopic (exact) mass is 310 g/mol. The van der Waals surface area contributed by atoms with Gasteiger partial charge in [-0.05, 0) is 25.1 Å². The topological polar surface area (TPSA) is 59.8 Å². The molecule has 6 heteroatoms. The van der Waals surface area contributed by atoms with E-state index >= 15 is 0 Å². The molecule has 0 bridgehead atoms. The van der Waals surface area contributed by atoms with E-state index in [1.807, 2.05) is 48.8 Å². The number of benzene rings is 1. The first kappa shape index (κ1) is 14.2. The average Bonchev–Trinajstić information content (AvgIpc) is 3.15. The maximum Gasteiger partial charge on any atom is 0.250 e. The van der Waals surface area contributed by atoms with E-state index < -0.39 is 0 Å². The van der Waals surface area contributed by atoms with Crippen molar-refractivity contribution in [2.45, 2.75) is 6.92 Å². The molecule has 0 spiro atoms. The first-order valence-corrected chi connectivity index (χ1v) is 7.60. The zero-order valence-corrected chi connectivity index (χ0v) is 12.7. The van der Waals surface area contributed by atoms with Crippen LogP contribution in [0.5, 0.6) is 0 Å². The number of carbonyl (C=O) groups excluding carboxylic acids is 1. The second kappa shape index (κ2) is 6.36. The molecule has 110 valence electrons. The van der Waals surface area contributed by atoms with Crippen LogP contribution in [0.2, 0.25) is 0 Å². The van der Waals surface area contributed by atoms with Crippen molar-refractivity contribution in [1.29, 1.82) is 0 Å². The molecule has 2 aromatic heterocycles. The van der Waals surface area contributed by atoms with Crippen LogP contribution in [-0.4, -0.2) is 20.7 Å². The molecule has 0 fully saturated rings. The molecule has 0 saturated heterocycles. The summed E-state index contributed by atoms with van der Waals surface area (Å²) in [6, 6.07) is 9.81. The molecule has 3 aromatic rings. The van der Waals surface area contributed by atoms with Crippen LogP contribution in [-0.2, 0) is 4.79 Å². The van der Waals surface area contributed by atoms with Gasteiger partial charge in [-0.15, -0.1) is 11.3 Å². The summed E-state index contributed by atoms with van der Waals surface area (Å²) in [5.41, 5.74) is 2.73. The highest BCUT2D eigenvalue weighted by Gasteiger charge is 2.02. The minimum absolute atomic E-state index is 0.207. The summed E-state index contributed by atoms with van der Waals surface area (Å²) in [5.74, 6) is -0.207. The highest BCUT2D eigenvalue weighted by Crippen LogP contribution is 2.14. The van der Waals surface area contributed by atoms with Gasteiger partial charge in [0.15, 0.2) is 5.13 Å². The number of rotatable bonds is 4. The molecule has 0 unspecified atom stereocenters. The zero-order valence-electron chi connectivity index (χ0n) is 11.9. The van der Waals surface area contributed by atoms with Crippen molar-refractivity contribution in [1.82, 2.24) is 14.8 Å². The molecule has 1 amide bonds. The van der Waals surface area contributed by atoms with Crippen molar-refractivity contribution >= 4 is 28.5 Å². The molecule has 0 aliphatic heterocycles. The summed E-state index contributed by atoms with van der Waals surface area (Å²) in [5, 5.41) is 9.50. The number of anilines is 1. The quantitative estimate of drug-likeness (QED) is 0.752. The predicted molar refractivity (Wildman–Crippen MR) is 88.1 cm³/mol. The van der Waals surface area contributed by atoms with E-state index in [1.165, 1.54) is 17.4 Å². The van der Waals surface area contributed by atoms with Crippen molar-refractivity contribution in [2.24, 2.45) is 0 Å². The number of thiazole rings is 1. The van der Waals surface area contributed by atoms with Gasteiger partial charge in [-0.2, -0.15) is 5.10 Å². The first-order valence-electron chi connectivity index (χ1n) is 6.72. The fraction of sp³-hybridized carbons (Fsp3) is 0.0625. The Kier molecular flexibility index (Phi) is 4.11. The first-order chi connectivity index (χ1) is 10.7. The molecule has 0 aliphatic carbocycles. The number of hydrogen-bond donors (Lipinski definition) is 1. The molecule has 2 heterocycles. The smallest absolute Gasteiger partial charge is 0.250 e. The molecule has 22 heavy (non-hydrogen) atoms. The number of nitrogens with zero attached hydrogens (tertiary/aromatic N) is 3. The number of nitrogens with one attached hydrogen (secondary N) is 1. The SMILES string of the molecule is Cc1csc(NC(=O)/C=C/c2cnn(-c3ccccc3)c2)n1. The predicted octanol–water partition coefficient (Wildman–Crippen LogP) is 3.29. The number of aromatic nitrogens is 3. The summed E-state index contributed by atoms with van der Waals surface area (Å²) >= 11 is 1.41. The second-order valence-corrected chi connectivity index (χ2v) is 5.53. The van der Waals surface area contributed by atoms with Crippen molar-refractivity contribution in [3.63, 3.8) is 0 Å². The van der Waals surface area contributed by atoms with Crippen LogP contribution in [0.4, 0.5) is 5.13 Å². The zero-order chi connectivity index (χ0) is 15.4. The number of carbonyl (C=O) groups is 1. The van der Waals surface area contributed by atoms with Gasteiger partial charge in [-0.1, -0.05) is 18.2 Å². The summed E-state index contributed by atoms with van der Waals surface area (Å²) in [6.45, 7) is 1.89. The second-order valence-electron chi connectivity index (χ2n) is 4.67. The Labute approximate surface area is 131 Å². The van der Waals surface area contributed by atoms with Crippen LogP contribution in [0.25, 0.3) is 11.8 Å². The number of aryl methyl sites for hydroxylation is 1. The van der Waals surface area contributed by atoms with Crippen LogP contribution in [0.1, 0.15) is 11.3 Å². The summed E-state index contributed by atoms with van der Waals surface area (Å²) in [6.07, 6.45) is 6.78. The molecule has 3 rings (SSSR count). The molecule has 0 radical (unpaired) electrons. The Morgan fingerprint density at radius 1 is 1.32 bits per heavy atom. The van der Waals surface area contributed by atoms with Crippen LogP contribution in [0.15, 0.2) is 54.2 Å². The Morgan fingerprint density at radius 3 is 2.86 bits per heavy atom. The maximum atomic E-state index is 11.8. The van der Waals surface area contributed by atoms with Crippen LogP contribution in [0.3, 0.4) is 0 Å². The lowest BCUT2D eigenvalue weighted by Gasteiger charge is -1.98. The standard InChI is InChI=1S/C16H14N4OS/c1-12-11-22-16(18-12)19-15(21)8-7-13-9-17-20(10-13)14-5-3-2-4-6-14/h2-11H,1H3,(H,18,19,21)/b8-7+. The molecule has 0 aliphatic rings. The van der Waals surface area contributed by atoms with E-state index in [4.69, 9.17) is 0 Å². The van der Waals surface area contributed by atoms with Gasteiger partial charge in [0.05, 0.1) is 17.6 Å². The van der Waals surface area contributed by atoms with Crippen molar-refractivity contribution in [3.8, 4) is 5.69 Å². The third kappa shape index (κ3) is 3.48. The summed E-state index contributed by atoms with van der Waals surface area (Å²) in [7, 11) is 0. The lowest BCUT2D eigenvalue weighted by molar-refractivity contribution is -0.111. The van der Waals surface area contributed by atoms with Gasteiger partial charge in [0.2, 0.25) is 5.91 Å². The Morgan fingerprint density at radius 2 is 2.14 bits per heavy atom. The maximum absolute atomic E-state index is 11.8. The van der Waals surface area contributed by atoms with E-state index in [0.29, 0.717) is 5.13 Å². The summed E-state index contributed by atoms with van der Waals surface area (Å²) < 4.78 is 1.77. The van der Waals surface area contributed by atoms with Crippen molar-refractivity contribution in [2.75, 3.05) is 5.32 Å². The highest BCUT2D eigenvalue weighted by atomic mass is 32.1. The Hall–Kier alpha value is -2.73. The fourth-order valence-corrected chi connectivity index (χ4v) is 2.57. The summed E-state index contributed by atoms with van der Waals surface area (Å²) in [4.78, 5) is 16.0. The average molecular weight is 310 g/mol. The van der Waals surface area contributed by atoms with Gasteiger partial charge >= 0.3 is 0 Å². The molecule has 1 N–H and O–H groups in total. The van der Waals surface area contributed by atoms with Crippen molar-refractivity contribution in [3.05, 3.63) is 65.4 Å². The highest BCUT2D eigenvalue weighted by molar-refractivity contribution is 7.13. The van der Waals surface area contributed by atoms with Gasteiger partial charge in [0, 0.05) is 23.2 Å². The largest absolute Gasteiger partial charge is 0.298 e. The van der Waals surface area contributed by atoms with Crippen LogP contribution >= 0.6 is 11.3 Å². The molecule has 0 atom stereocenters. The van der Waals surface area contributed by atoms with Gasteiger partial charge in [-0.25, -0.2) is 9.67 Å². The van der Waals surface area contributed by atoms with Gasteiger partial charge < -0.3 is 0 Å². The number of hydrogen-bond acceptors (Lipinski definition) is 4. The Balaban J connectivity index is 1.66. The van der Waals surface area contributed by atoms with E-state index in [-0.39, 0.29) is 5.91 Å². The molecule has 0 saturated carbocycles. The van der Waals surface area contributed by atoms with Gasteiger partial charge in [0.25, 0.3) is 0 Å². The van der Waals surface area contributed by atoms with Gasteiger partial charge in [-0.3, -0.25) is 10.1 Å². The van der Waals surface area contributed by atoms with E-state index in [2.05, 4.69) is 15.4 Å². The van der Waals surface area contributed by atoms with E-state index in [9.17, 15) is 4.79 Å². The normalized spacial score (nSPS) is 11.0. The lowest BCUT2D eigenvalue weighted by atomic mass is 10.3. The van der Waals surface area contributed by atoms with Gasteiger partial charge in [0.1, 0.15) is 0 Å².